The molecule has 10 heteroatoms. The molecule has 0 saturated heterocycles. The number of carbonyl (C=O) groups is 1. The number of fused-ring (bicyclic) bond motifs is 1. The zero-order valence-electron chi connectivity index (χ0n) is 24.4. The van der Waals surface area contributed by atoms with Gasteiger partial charge in [0.15, 0.2) is 17.7 Å². The third kappa shape index (κ3) is 6.68. The second kappa shape index (κ2) is 13.5. The fraction of sp³-hybridized carbons (Fsp3) is 0.312. The molecule has 0 bridgehead atoms. The molecule has 0 N–H and O–H groups in total. The molecule has 0 amide bonds. The summed E-state index contributed by atoms with van der Waals surface area (Å²) in [5.41, 5.74) is 3.56. The molecule has 0 aliphatic heterocycles. The Bertz CT molecular complexity index is 1690. The van der Waals surface area contributed by atoms with E-state index in [-0.39, 0.29) is 23.1 Å². The predicted molar refractivity (Wildman–Crippen MR) is 170 cm³/mol. The van der Waals surface area contributed by atoms with Gasteiger partial charge in [0.25, 0.3) is 5.56 Å². The quantitative estimate of drug-likeness (QED) is 0.130. The number of benzene rings is 3. The molecule has 4 rings (SSSR count). The van der Waals surface area contributed by atoms with Crippen molar-refractivity contribution >= 4 is 50.6 Å². The summed E-state index contributed by atoms with van der Waals surface area (Å²) in [4.78, 5) is 30.7. The lowest BCUT2D eigenvalue weighted by atomic mass is 9.96. The number of para-hydroxylation sites is 1. The van der Waals surface area contributed by atoms with Crippen LogP contribution in [0.1, 0.15) is 57.2 Å². The predicted octanol–water partition coefficient (Wildman–Crippen LogP) is 7.52. The van der Waals surface area contributed by atoms with Crippen LogP contribution in [-0.2, 0) is 9.53 Å². The van der Waals surface area contributed by atoms with Gasteiger partial charge in [0.1, 0.15) is 5.75 Å². The van der Waals surface area contributed by atoms with Crippen molar-refractivity contribution in [2.24, 2.45) is 5.10 Å². The second-order valence-corrected chi connectivity index (χ2v) is 11.2. The Morgan fingerprint density at radius 3 is 2.52 bits per heavy atom. The molecule has 0 spiro atoms. The first kappa shape index (κ1) is 31.3. The van der Waals surface area contributed by atoms with Crippen LogP contribution < -0.4 is 15.0 Å². The van der Waals surface area contributed by atoms with Crippen LogP contribution in [-0.4, -0.2) is 41.2 Å². The molecule has 0 saturated carbocycles. The molecule has 1 heterocycles. The third-order valence-electron chi connectivity index (χ3n) is 6.53. The molecule has 0 fully saturated rings. The van der Waals surface area contributed by atoms with E-state index in [2.05, 4.69) is 34.9 Å². The van der Waals surface area contributed by atoms with Crippen molar-refractivity contribution in [3.8, 4) is 22.9 Å². The van der Waals surface area contributed by atoms with E-state index < -0.39 is 12.1 Å². The first-order valence-electron chi connectivity index (χ1n) is 13.7. The molecule has 4 aromatic rings. The second-order valence-electron chi connectivity index (χ2n) is 9.93. The number of aryl methyl sites for hydroxylation is 1. The highest BCUT2D eigenvalue weighted by atomic mass is 79.9. The van der Waals surface area contributed by atoms with Gasteiger partial charge in [-0.2, -0.15) is 9.78 Å². The lowest BCUT2D eigenvalue weighted by molar-refractivity contribution is -0.150. The average Bonchev–Trinajstić information content (AvgIpc) is 2.94. The molecule has 0 unspecified atom stereocenters. The largest absolute Gasteiger partial charge is 0.494 e. The van der Waals surface area contributed by atoms with Crippen LogP contribution in [0.25, 0.3) is 22.3 Å². The van der Waals surface area contributed by atoms with E-state index in [1.54, 1.807) is 38.1 Å². The highest BCUT2D eigenvalue weighted by Crippen LogP contribution is 2.36. The average molecular weight is 655 g/mol. The smallest absolute Gasteiger partial charge is 0.347 e. The number of halogens is 2. The molecule has 1 aromatic heterocycles. The Morgan fingerprint density at radius 2 is 1.86 bits per heavy atom. The van der Waals surface area contributed by atoms with Gasteiger partial charge in [0.05, 0.1) is 39.8 Å². The van der Waals surface area contributed by atoms with E-state index in [4.69, 9.17) is 30.8 Å². The Hall–Kier alpha value is -3.69. The number of carbonyl (C=O) groups excluding carboxylic acids is 1. The molecule has 8 nitrogen and oxygen atoms in total. The summed E-state index contributed by atoms with van der Waals surface area (Å²) in [6.45, 7) is 12.2. The van der Waals surface area contributed by atoms with Crippen molar-refractivity contribution in [1.82, 2.24) is 9.66 Å². The van der Waals surface area contributed by atoms with Crippen LogP contribution in [0.2, 0.25) is 5.02 Å². The molecule has 0 aliphatic carbocycles. The Labute approximate surface area is 258 Å². The fourth-order valence-corrected chi connectivity index (χ4v) is 5.41. The van der Waals surface area contributed by atoms with Crippen LogP contribution in [0.5, 0.6) is 11.5 Å². The summed E-state index contributed by atoms with van der Waals surface area (Å²) in [5, 5.41) is 5.30. The summed E-state index contributed by atoms with van der Waals surface area (Å²) in [7, 11) is 0. The maximum absolute atomic E-state index is 13.8. The molecular weight excluding hydrogens is 622 g/mol. The number of hydrogen-bond donors (Lipinski definition) is 0. The van der Waals surface area contributed by atoms with Crippen molar-refractivity contribution in [2.75, 3.05) is 13.2 Å². The Morgan fingerprint density at radius 1 is 1.12 bits per heavy atom. The molecule has 1 atom stereocenters. The summed E-state index contributed by atoms with van der Waals surface area (Å²) < 4.78 is 18.5. The van der Waals surface area contributed by atoms with Crippen molar-refractivity contribution in [3.05, 3.63) is 85.1 Å². The minimum Gasteiger partial charge on any atom is -0.494 e. The molecular formula is C32H33BrClN3O5. The third-order valence-corrected chi connectivity index (χ3v) is 7.40. The number of ether oxygens (including phenoxy) is 3. The van der Waals surface area contributed by atoms with E-state index in [0.29, 0.717) is 39.1 Å². The van der Waals surface area contributed by atoms with E-state index in [0.717, 1.165) is 22.4 Å². The zero-order chi connectivity index (χ0) is 30.6. The van der Waals surface area contributed by atoms with E-state index in [1.807, 2.05) is 38.1 Å². The van der Waals surface area contributed by atoms with E-state index in [9.17, 15) is 9.59 Å². The molecule has 42 heavy (non-hydrogen) atoms. The van der Waals surface area contributed by atoms with Crippen LogP contribution in [0.3, 0.4) is 0 Å². The standard InChI is InChI=1S/C32H33BrClN3O5/c1-7-40-28-13-19(5)24(16-23(28)18(3)4)30-36-27-12-10-9-11-22(27)31(38)37(30)35-17-21-14-25(33)29(26(34)15-21)42-20(6)32(39)41-8-2/h9-18,20H,7-8H2,1-6H3/t20-/m1/s1. The zero-order valence-corrected chi connectivity index (χ0v) is 26.7. The van der Waals surface area contributed by atoms with E-state index in [1.165, 1.54) is 10.9 Å². The molecule has 3 aromatic carbocycles. The van der Waals surface area contributed by atoms with E-state index >= 15 is 0 Å². The van der Waals surface area contributed by atoms with Gasteiger partial charge in [-0.15, -0.1) is 0 Å². The van der Waals surface area contributed by atoms with Gasteiger partial charge >= 0.3 is 5.97 Å². The van der Waals surface area contributed by atoms with Gasteiger partial charge in [-0.25, -0.2) is 9.78 Å². The summed E-state index contributed by atoms with van der Waals surface area (Å²) in [6, 6.07) is 14.6. The van der Waals surface area contributed by atoms with Gasteiger partial charge in [-0.1, -0.05) is 37.6 Å². The van der Waals surface area contributed by atoms with Crippen LogP contribution in [0, 0.1) is 6.92 Å². The summed E-state index contributed by atoms with van der Waals surface area (Å²) in [6.07, 6.45) is 0.681. The topological polar surface area (TPSA) is 92.0 Å². The Balaban J connectivity index is 1.83. The van der Waals surface area contributed by atoms with Crippen molar-refractivity contribution in [3.63, 3.8) is 0 Å². The Kier molecular flexibility index (Phi) is 10.1. The molecule has 0 radical (unpaired) electrons. The first-order chi connectivity index (χ1) is 20.0. The minimum atomic E-state index is -0.851. The van der Waals surface area contributed by atoms with Crippen molar-refractivity contribution in [2.45, 2.75) is 53.6 Å². The number of hydrogen-bond acceptors (Lipinski definition) is 7. The van der Waals surface area contributed by atoms with Crippen LogP contribution >= 0.6 is 27.5 Å². The molecule has 0 aliphatic rings. The summed E-state index contributed by atoms with van der Waals surface area (Å²) in [5.74, 6) is 1.21. The molecule has 220 valence electrons. The lowest BCUT2D eigenvalue weighted by Crippen LogP contribution is -2.26. The number of aromatic nitrogens is 2. The van der Waals surface area contributed by atoms with Gasteiger partial charge in [0.2, 0.25) is 0 Å². The highest BCUT2D eigenvalue weighted by Gasteiger charge is 2.21. The van der Waals surface area contributed by atoms with Crippen molar-refractivity contribution in [1.29, 1.82) is 0 Å². The van der Waals surface area contributed by atoms with Gasteiger partial charge in [-0.3, -0.25) is 4.79 Å². The van der Waals surface area contributed by atoms with Crippen LogP contribution in [0.15, 0.2) is 62.9 Å². The SMILES string of the molecule is CCOC(=O)[C@@H](C)Oc1c(Cl)cc(C=Nn2c(-c3cc(C(C)C)c(OCC)cc3C)nc3ccccc3c2=O)cc1Br. The van der Waals surface area contributed by atoms with Crippen molar-refractivity contribution < 1.29 is 19.0 Å². The normalized spacial score (nSPS) is 12.2. The minimum absolute atomic E-state index is 0.182. The highest BCUT2D eigenvalue weighted by molar-refractivity contribution is 9.10. The van der Waals surface area contributed by atoms with Gasteiger partial charge in [0, 0.05) is 5.56 Å². The lowest BCUT2D eigenvalue weighted by Gasteiger charge is -2.18. The number of esters is 1. The monoisotopic (exact) mass is 653 g/mol. The number of nitrogens with zero attached hydrogens (tertiary/aromatic N) is 3. The first-order valence-corrected chi connectivity index (χ1v) is 14.9. The maximum Gasteiger partial charge on any atom is 0.347 e. The maximum atomic E-state index is 13.8. The summed E-state index contributed by atoms with van der Waals surface area (Å²) >= 11 is 10.00. The van der Waals surface area contributed by atoms with Crippen LogP contribution in [0.4, 0.5) is 0 Å². The fourth-order valence-electron chi connectivity index (χ4n) is 4.45. The van der Waals surface area contributed by atoms with Gasteiger partial charge < -0.3 is 14.2 Å². The van der Waals surface area contributed by atoms with Gasteiger partial charge in [-0.05, 0) is 103 Å². The number of rotatable bonds is 10.